The number of hydrogen-bond acceptors (Lipinski definition) is 6. The first-order valence-corrected chi connectivity index (χ1v) is 8.49. The standard InChI is InChI=1S/C11H15N5O3S2/c1-9(17)13-10-14-15-11(20-10)21(18,19)12-5-4-8-16-6-2-3-7-16/h2-3,6-7,12H,4-5,8H2,1H3,(H,13,14,17). The monoisotopic (exact) mass is 329 g/mol. The predicted octanol–water partition coefficient (Wildman–Crippen LogP) is 0.667. The Balaban J connectivity index is 1.86. The smallest absolute Gasteiger partial charge is 0.269 e. The van der Waals surface area contributed by atoms with E-state index in [1.54, 1.807) is 0 Å². The second kappa shape index (κ2) is 6.78. The van der Waals surface area contributed by atoms with E-state index >= 15 is 0 Å². The van der Waals surface area contributed by atoms with Crippen LogP contribution in [-0.2, 0) is 21.4 Å². The zero-order chi connectivity index (χ0) is 15.3. The van der Waals surface area contributed by atoms with Crippen LogP contribution in [0.1, 0.15) is 13.3 Å². The highest BCUT2D eigenvalue weighted by molar-refractivity contribution is 7.91. The van der Waals surface area contributed by atoms with Gasteiger partial charge in [-0.2, -0.15) is 0 Å². The molecule has 0 aromatic carbocycles. The van der Waals surface area contributed by atoms with E-state index in [0.717, 1.165) is 17.9 Å². The molecule has 0 fully saturated rings. The zero-order valence-corrected chi connectivity index (χ0v) is 12.9. The van der Waals surface area contributed by atoms with Gasteiger partial charge in [0.15, 0.2) is 0 Å². The van der Waals surface area contributed by atoms with Crippen molar-refractivity contribution < 1.29 is 13.2 Å². The maximum Gasteiger partial charge on any atom is 0.269 e. The van der Waals surface area contributed by atoms with Crippen LogP contribution in [0.3, 0.4) is 0 Å². The molecule has 0 aliphatic carbocycles. The van der Waals surface area contributed by atoms with E-state index < -0.39 is 10.0 Å². The van der Waals surface area contributed by atoms with E-state index in [1.807, 2.05) is 29.1 Å². The van der Waals surface area contributed by atoms with Crippen LogP contribution in [0.15, 0.2) is 28.9 Å². The lowest BCUT2D eigenvalue weighted by atomic mass is 10.4. The van der Waals surface area contributed by atoms with E-state index in [9.17, 15) is 13.2 Å². The van der Waals surface area contributed by atoms with Gasteiger partial charge in [0.25, 0.3) is 10.0 Å². The van der Waals surface area contributed by atoms with Crippen molar-refractivity contribution >= 4 is 32.4 Å². The highest BCUT2D eigenvalue weighted by atomic mass is 32.2. The number of sulfonamides is 1. The van der Waals surface area contributed by atoms with Crippen molar-refractivity contribution in [3.8, 4) is 0 Å². The van der Waals surface area contributed by atoms with Gasteiger partial charge in [-0.15, -0.1) is 10.2 Å². The topological polar surface area (TPSA) is 106 Å². The number of rotatable bonds is 7. The number of hydrogen-bond donors (Lipinski definition) is 2. The summed E-state index contributed by atoms with van der Waals surface area (Å²) in [5, 5.41) is 9.73. The summed E-state index contributed by atoms with van der Waals surface area (Å²) in [4.78, 5) is 10.9. The zero-order valence-electron chi connectivity index (χ0n) is 11.3. The fraction of sp³-hybridized carbons (Fsp3) is 0.364. The molecule has 8 nitrogen and oxygen atoms in total. The number of carbonyl (C=O) groups excluding carboxylic acids is 1. The van der Waals surface area contributed by atoms with Crippen molar-refractivity contribution in [2.45, 2.75) is 24.2 Å². The van der Waals surface area contributed by atoms with Crippen LogP contribution in [0.4, 0.5) is 5.13 Å². The maximum absolute atomic E-state index is 12.0. The Morgan fingerprint density at radius 1 is 1.33 bits per heavy atom. The number of aryl methyl sites for hydroxylation is 1. The van der Waals surface area contributed by atoms with Crippen molar-refractivity contribution in [2.24, 2.45) is 0 Å². The van der Waals surface area contributed by atoms with Crippen LogP contribution in [0.2, 0.25) is 0 Å². The average Bonchev–Trinajstić information content (AvgIpc) is 3.05. The molecule has 0 aliphatic rings. The third kappa shape index (κ3) is 4.62. The number of aromatic nitrogens is 3. The summed E-state index contributed by atoms with van der Waals surface area (Å²) in [5.74, 6) is -0.324. The van der Waals surface area contributed by atoms with Gasteiger partial charge in [0.05, 0.1) is 0 Å². The molecule has 2 heterocycles. The lowest BCUT2D eigenvalue weighted by Gasteiger charge is -2.04. The largest absolute Gasteiger partial charge is 0.354 e. The lowest BCUT2D eigenvalue weighted by molar-refractivity contribution is -0.114. The minimum atomic E-state index is -3.68. The molecular formula is C11H15N5O3S2. The van der Waals surface area contributed by atoms with Gasteiger partial charge in [-0.1, -0.05) is 11.3 Å². The molecule has 0 spiro atoms. The van der Waals surface area contributed by atoms with Gasteiger partial charge in [-0.05, 0) is 18.6 Å². The molecule has 0 saturated carbocycles. The van der Waals surface area contributed by atoms with Crippen molar-refractivity contribution in [3.63, 3.8) is 0 Å². The molecule has 1 amide bonds. The summed E-state index contributed by atoms with van der Waals surface area (Å²) in [6.45, 7) is 2.34. The minimum absolute atomic E-state index is 0.160. The first kappa shape index (κ1) is 15.6. The van der Waals surface area contributed by atoms with Crippen LogP contribution in [0.5, 0.6) is 0 Å². The number of amides is 1. The summed E-state index contributed by atoms with van der Waals surface area (Å²) in [5.41, 5.74) is 0. The van der Waals surface area contributed by atoms with Gasteiger partial charge in [-0.25, -0.2) is 13.1 Å². The Hall–Kier alpha value is -1.78. The fourth-order valence-corrected chi connectivity index (χ4v) is 3.63. The van der Waals surface area contributed by atoms with Gasteiger partial charge in [0.2, 0.25) is 15.4 Å². The molecule has 2 aromatic heterocycles. The maximum atomic E-state index is 12.0. The Labute approximate surface area is 126 Å². The third-order valence-corrected chi connectivity index (χ3v) is 5.14. The first-order valence-electron chi connectivity index (χ1n) is 6.19. The first-order chi connectivity index (χ1) is 9.97. The molecule has 0 bridgehead atoms. The number of carbonyl (C=O) groups is 1. The Kier molecular flexibility index (Phi) is 5.04. The third-order valence-electron chi connectivity index (χ3n) is 2.47. The molecular weight excluding hydrogens is 314 g/mol. The average molecular weight is 329 g/mol. The lowest BCUT2D eigenvalue weighted by Crippen LogP contribution is -2.25. The molecule has 0 unspecified atom stereocenters. The Bertz CT molecular complexity index is 693. The Morgan fingerprint density at radius 3 is 2.71 bits per heavy atom. The van der Waals surface area contributed by atoms with Gasteiger partial charge in [-0.3, -0.25) is 4.79 Å². The fourth-order valence-electron chi connectivity index (χ4n) is 1.57. The SMILES string of the molecule is CC(=O)Nc1nnc(S(=O)(=O)NCCCn2cccc2)s1. The van der Waals surface area contributed by atoms with Crippen LogP contribution in [-0.4, -0.2) is 35.6 Å². The summed E-state index contributed by atoms with van der Waals surface area (Å²) in [6, 6.07) is 3.82. The van der Waals surface area contributed by atoms with Crippen molar-refractivity contribution in [3.05, 3.63) is 24.5 Å². The van der Waals surface area contributed by atoms with Crippen molar-refractivity contribution in [1.29, 1.82) is 0 Å². The van der Waals surface area contributed by atoms with Gasteiger partial charge >= 0.3 is 0 Å². The highest BCUT2D eigenvalue weighted by Gasteiger charge is 2.19. The van der Waals surface area contributed by atoms with E-state index in [-0.39, 0.29) is 15.4 Å². The molecule has 0 aliphatic heterocycles. The number of anilines is 1. The van der Waals surface area contributed by atoms with Crippen LogP contribution < -0.4 is 10.0 Å². The van der Waals surface area contributed by atoms with E-state index in [2.05, 4.69) is 20.2 Å². The summed E-state index contributed by atoms with van der Waals surface area (Å²) < 4.78 is 28.2. The molecule has 0 atom stereocenters. The minimum Gasteiger partial charge on any atom is -0.354 e. The molecule has 0 radical (unpaired) electrons. The van der Waals surface area contributed by atoms with Gasteiger partial charge < -0.3 is 9.88 Å². The number of nitrogens with zero attached hydrogens (tertiary/aromatic N) is 3. The second-order valence-corrected chi connectivity index (χ2v) is 7.14. The molecule has 21 heavy (non-hydrogen) atoms. The Morgan fingerprint density at radius 2 is 2.05 bits per heavy atom. The summed E-state index contributed by atoms with van der Waals surface area (Å²) in [6.07, 6.45) is 4.49. The summed E-state index contributed by atoms with van der Waals surface area (Å²) in [7, 11) is -3.68. The molecule has 2 aromatic rings. The number of nitrogens with one attached hydrogen (secondary N) is 2. The van der Waals surface area contributed by atoms with E-state index in [0.29, 0.717) is 13.0 Å². The van der Waals surface area contributed by atoms with E-state index in [4.69, 9.17) is 0 Å². The molecule has 2 N–H and O–H groups in total. The molecule has 2 rings (SSSR count). The summed E-state index contributed by atoms with van der Waals surface area (Å²) >= 11 is 0.814. The van der Waals surface area contributed by atoms with Gasteiger partial charge in [0.1, 0.15) is 0 Å². The highest BCUT2D eigenvalue weighted by Crippen LogP contribution is 2.19. The van der Waals surface area contributed by atoms with Crippen LogP contribution in [0.25, 0.3) is 0 Å². The van der Waals surface area contributed by atoms with Crippen LogP contribution >= 0.6 is 11.3 Å². The normalized spacial score (nSPS) is 11.5. The molecule has 0 saturated heterocycles. The van der Waals surface area contributed by atoms with Crippen molar-refractivity contribution in [1.82, 2.24) is 19.5 Å². The molecule has 10 heteroatoms. The molecule has 114 valence electrons. The quantitative estimate of drug-likeness (QED) is 0.573. The van der Waals surface area contributed by atoms with Gasteiger partial charge in [0, 0.05) is 32.4 Å². The van der Waals surface area contributed by atoms with Crippen LogP contribution in [0, 0.1) is 0 Å². The van der Waals surface area contributed by atoms with Crippen molar-refractivity contribution in [2.75, 3.05) is 11.9 Å². The van der Waals surface area contributed by atoms with E-state index in [1.165, 1.54) is 6.92 Å². The predicted molar refractivity (Wildman–Crippen MR) is 78.5 cm³/mol. The second-order valence-electron chi connectivity index (χ2n) is 4.23.